The highest BCUT2D eigenvalue weighted by atomic mass is 35.5. The average molecular weight is 261 g/mol. The summed E-state index contributed by atoms with van der Waals surface area (Å²) in [5.41, 5.74) is 0. The Hall–Kier alpha value is -0.190. The van der Waals surface area contributed by atoms with Crippen LogP contribution < -0.4 is 0 Å². The van der Waals surface area contributed by atoms with Gasteiger partial charge in [-0.05, 0) is 20.0 Å². The molecule has 15 heavy (non-hydrogen) atoms. The average Bonchev–Trinajstić information content (AvgIpc) is 2.12. The molecule has 0 saturated heterocycles. The molecule has 0 heterocycles. The summed E-state index contributed by atoms with van der Waals surface area (Å²) in [6.07, 6.45) is -0.824. The SMILES string of the molecule is CCN(CC)CCN(CC)C(=O)O.Cl.Cl. The van der Waals surface area contributed by atoms with Crippen molar-refractivity contribution in [2.24, 2.45) is 0 Å². The van der Waals surface area contributed by atoms with E-state index in [0.29, 0.717) is 13.1 Å². The number of hydrogen-bond donors (Lipinski definition) is 1. The van der Waals surface area contributed by atoms with E-state index in [9.17, 15) is 4.79 Å². The van der Waals surface area contributed by atoms with Crippen molar-refractivity contribution in [3.05, 3.63) is 0 Å². The fourth-order valence-corrected chi connectivity index (χ4v) is 1.19. The van der Waals surface area contributed by atoms with Gasteiger partial charge in [0.05, 0.1) is 0 Å². The molecule has 0 aliphatic rings. The summed E-state index contributed by atoms with van der Waals surface area (Å²) in [4.78, 5) is 14.3. The van der Waals surface area contributed by atoms with E-state index in [1.807, 2.05) is 6.92 Å². The largest absolute Gasteiger partial charge is 0.465 e. The Morgan fingerprint density at radius 2 is 1.47 bits per heavy atom. The predicted molar refractivity (Wildman–Crippen MR) is 67.6 cm³/mol. The highest BCUT2D eigenvalue weighted by molar-refractivity contribution is 5.85. The van der Waals surface area contributed by atoms with Gasteiger partial charge < -0.3 is 14.9 Å². The third kappa shape index (κ3) is 8.78. The third-order valence-corrected chi connectivity index (χ3v) is 2.23. The van der Waals surface area contributed by atoms with E-state index in [1.54, 1.807) is 0 Å². The summed E-state index contributed by atoms with van der Waals surface area (Å²) >= 11 is 0. The minimum Gasteiger partial charge on any atom is -0.465 e. The first-order valence-corrected chi connectivity index (χ1v) is 4.85. The number of hydrogen-bond acceptors (Lipinski definition) is 2. The molecule has 6 heteroatoms. The van der Waals surface area contributed by atoms with Crippen molar-refractivity contribution in [3.8, 4) is 0 Å². The van der Waals surface area contributed by atoms with E-state index < -0.39 is 6.09 Å². The fraction of sp³-hybridized carbons (Fsp3) is 0.889. The third-order valence-electron chi connectivity index (χ3n) is 2.23. The number of carbonyl (C=O) groups is 1. The molecular weight excluding hydrogens is 239 g/mol. The first-order chi connectivity index (χ1) is 6.15. The van der Waals surface area contributed by atoms with Crippen molar-refractivity contribution in [1.29, 1.82) is 0 Å². The molecule has 0 rings (SSSR count). The highest BCUT2D eigenvalue weighted by Gasteiger charge is 2.09. The van der Waals surface area contributed by atoms with Crippen molar-refractivity contribution in [1.82, 2.24) is 9.80 Å². The molecule has 0 bridgehead atoms. The lowest BCUT2D eigenvalue weighted by Crippen LogP contribution is -2.37. The Morgan fingerprint density at radius 1 is 1.00 bits per heavy atom. The second-order valence-electron chi connectivity index (χ2n) is 2.89. The molecule has 94 valence electrons. The smallest absolute Gasteiger partial charge is 0.407 e. The van der Waals surface area contributed by atoms with Crippen LogP contribution >= 0.6 is 24.8 Å². The lowest BCUT2D eigenvalue weighted by atomic mass is 10.4. The van der Waals surface area contributed by atoms with Crippen LogP contribution in [0.5, 0.6) is 0 Å². The summed E-state index contributed by atoms with van der Waals surface area (Å²) in [6, 6.07) is 0. The fourth-order valence-electron chi connectivity index (χ4n) is 1.19. The van der Waals surface area contributed by atoms with Crippen LogP contribution in [-0.2, 0) is 0 Å². The molecule has 0 saturated carbocycles. The summed E-state index contributed by atoms with van der Waals surface area (Å²) in [7, 11) is 0. The molecule has 4 nitrogen and oxygen atoms in total. The standard InChI is InChI=1S/C9H20N2O2.2ClH/c1-4-10(5-2)7-8-11(6-3)9(12)13;;/h4-8H2,1-3H3,(H,12,13);2*1H. The Bertz CT molecular complexity index is 155. The van der Waals surface area contributed by atoms with E-state index in [4.69, 9.17) is 5.11 Å². The first-order valence-electron chi connectivity index (χ1n) is 4.85. The highest BCUT2D eigenvalue weighted by Crippen LogP contribution is 1.92. The van der Waals surface area contributed by atoms with Gasteiger partial charge in [-0.15, -0.1) is 24.8 Å². The quantitative estimate of drug-likeness (QED) is 0.797. The van der Waals surface area contributed by atoms with Gasteiger partial charge in [-0.1, -0.05) is 13.8 Å². The second-order valence-corrected chi connectivity index (χ2v) is 2.89. The Morgan fingerprint density at radius 3 is 1.73 bits per heavy atom. The molecule has 0 fully saturated rings. The first kappa shape index (κ1) is 20.3. The molecule has 1 N–H and O–H groups in total. The van der Waals surface area contributed by atoms with Gasteiger partial charge in [-0.3, -0.25) is 0 Å². The van der Waals surface area contributed by atoms with Gasteiger partial charge in [-0.2, -0.15) is 0 Å². The molecule has 0 aromatic carbocycles. The van der Waals surface area contributed by atoms with Crippen LogP contribution in [0, 0.1) is 0 Å². The van der Waals surface area contributed by atoms with E-state index >= 15 is 0 Å². The maximum Gasteiger partial charge on any atom is 0.407 e. The van der Waals surface area contributed by atoms with Gasteiger partial charge in [0.2, 0.25) is 0 Å². The minimum atomic E-state index is -0.824. The van der Waals surface area contributed by atoms with Gasteiger partial charge in [0.1, 0.15) is 0 Å². The lowest BCUT2D eigenvalue weighted by Gasteiger charge is -2.23. The monoisotopic (exact) mass is 260 g/mol. The number of nitrogens with zero attached hydrogens (tertiary/aromatic N) is 2. The van der Waals surface area contributed by atoms with Crippen LogP contribution in [0.4, 0.5) is 4.79 Å². The maximum atomic E-state index is 10.6. The summed E-state index contributed by atoms with van der Waals surface area (Å²) in [6.45, 7) is 9.98. The number of halogens is 2. The normalized spacial score (nSPS) is 9.07. The predicted octanol–water partition coefficient (Wildman–Crippen LogP) is 2.17. The van der Waals surface area contributed by atoms with Crippen LogP contribution in [0.3, 0.4) is 0 Å². The molecule has 0 aliphatic carbocycles. The van der Waals surface area contributed by atoms with Crippen molar-refractivity contribution in [3.63, 3.8) is 0 Å². The Kier molecular flexibility index (Phi) is 16.0. The van der Waals surface area contributed by atoms with Crippen molar-refractivity contribution < 1.29 is 9.90 Å². The molecule has 0 aromatic heterocycles. The number of amides is 1. The molecule has 0 aliphatic heterocycles. The number of rotatable bonds is 6. The molecule has 0 atom stereocenters. The zero-order valence-electron chi connectivity index (χ0n) is 9.60. The molecular formula is C9H22Cl2N2O2. The van der Waals surface area contributed by atoms with E-state index in [2.05, 4.69) is 18.7 Å². The van der Waals surface area contributed by atoms with Crippen molar-refractivity contribution >= 4 is 30.9 Å². The molecule has 0 unspecified atom stereocenters. The number of carboxylic acid groups (broad SMARTS) is 1. The summed E-state index contributed by atoms with van der Waals surface area (Å²) in [5.74, 6) is 0. The van der Waals surface area contributed by atoms with E-state index in [-0.39, 0.29) is 24.8 Å². The maximum absolute atomic E-state index is 10.6. The van der Waals surface area contributed by atoms with E-state index in [1.165, 1.54) is 4.90 Å². The van der Waals surface area contributed by atoms with Gasteiger partial charge in [0.15, 0.2) is 0 Å². The zero-order chi connectivity index (χ0) is 10.3. The van der Waals surface area contributed by atoms with E-state index in [0.717, 1.165) is 19.6 Å². The molecule has 0 radical (unpaired) electrons. The number of likely N-dealkylation sites (N-methyl/N-ethyl adjacent to an activating group) is 2. The minimum absolute atomic E-state index is 0. The van der Waals surface area contributed by atoms with Gasteiger partial charge in [-0.25, -0.2) is 4.79 Å². The van der Waals surface area contributed by atoms with Gasteiger partial charge >= 0.3 is 6.09 Å². The van der Waals surface area contributed by atoms with Crippen LogP contribution in [0.1, 0.15) is 20.8 Å². The van der Waals surface area contributed by atoms with Crippen LogP contribution in [0.2, 0.25) is 0 Å². The summed E-state index contributed by atoms with van der Waals surface area (Å²) in [5, 5.41) is 8.74. The van der Waals surface area contributed by atoms with Gasteiger partial charge in [0.25, 0.3) is 0 Å². The molecule has 0 spiro atoms. The summed E-state index contributed by atoms with van der Waals surface area (Å²) < 4.78 is 0. The van der Waals surface area contributed by atoms with Crippen LogP contribution in [0.25, 0.3) is 0 Å². The van der Waals surface area contributed by atoms with Crippen molar-refractivity contribution in [2.45, 2.75) is 20.8 Å². The second kappa shape index (κ2) is 11.9. The lowest BCUT2D eigenvalue weighted by molar-refractivity contribution is 0.140. The molecule has 1 amide bonds. The Labute approximate surface area is 104 Å². The molecule has 0 aromatic rings. The Balaban J connectivity index is -0.000000720. The van der Waals surface area contributed by atoms with Crippen LogP contribution in [0.15, 0.2) is 0 Å². The topological polar surface area (TPSA) is 43.8 Å². The van der Waals surface area contributed by atoms with Crippen LogP contribution in [-0.4, -0.2) is 53.7 Å². The van der Waals surface area contributed by atoms with Gasteiger partial charge in [0, 0.05) is 19.6 Å². The zero-order valence-corrected chi connectivity index (χ0v) is 11.2. The van der Waals surface area contributed by atoms with Crippen molar-refractivity contribution in [2.75, 3.05) is 32.7 Å².